The lowest BCUT2D eigenvalue weighted by Gasteiger charge is -2.37. The molecule has 1 saturated heterocycles. The third-order valence-electron chi connectivity index (χ3n) is 5.54. The molecule has 1 heterocycles. The van der Waals surface area contributed by atoms with E-state index in [1.54, 1.807) is 11.8 Å². The molecule has 2 fully saturated rings. The van der Waals surface area contributed by atoms with E-state index >= 15 is 0 Å². The van der Waals surface area contributed by atoms with Crippen molar-refractivity contribution < 1.29 is 14.4 Å². The van der Waals surface area contributed by atoms with Crippen LogP contribution in [0.1, 0.15) is 46.5 Å². The fraction of sp³-hybridized carbons (Fsp3) is 0.833. The van der Waals surface area contributed by atoms with E-state index < -0.39 is 0 Å². The first-order chi connectivity index (χ1) is 11.5. The van der Waals surface area contributed by atoms with Crippen LogP contribution in [0.15, 0.2) is 0 Å². The zero-order valence-electron chi connectivity index (χ0n) is 15.3. The lowest BCUT2D eigenvalue weighted by atomic mass is 9.80. The Bertz CT molecular complexity index is 460. The van der Waals surface area contributed by atoms with Gasteiger partial charge in [0, 0.05) is 58.0 Å². The second kappa shape index (κ2) is 8.49. The van der Waals surface area contributed by atoms with Crippen molar-refractivity contribution in [2.75, 3.05) is 39.3 Å². The lowest BCUT2D eigenvalue weighted by Crippen LogP contribution is -2.52. The molecule has 2 rings (SSSR count). The Morgan fingerprint density at radius 1 is 0.833 bits per heavy atom. The van der Waals surface area contributed by atoms with Gasteiger partial charge in [0.2, 0.25) is 17.7 Å². The number of hydrogen-bond acceptors (Lipinski definition) is 3. The first-order valence-corrected chi connectivity index (χ1v) is 9.31. The van der Waals surface area contributed by atoms with Crippen LogP contribution in [0, 0.1) is 11.8 Å². The van der Waals surface area contributed by atoms with Crippen LogP contribution in [0.2, 0.25) is 0 Å². The molecule has 0 aromatic heterocycles. The molecule has 0 bridgehead atoms. The highest BCUT2D eigenvalue weighted by Crippen LogP contribution is 2.31. The van der Waals surface area contributed by atoms with Gasteiger partial charge in [0.1, 0.15) is 0 Å². The first-order valence-electron chi connectivity index (χ1n) is 9.31. The Balaban J connectivity index is 1.81. The summed E-state index contributed by atoms with van der Waals surface area (Å²) < 4.78 is 0. The van der Waals surface area contributed by atoms with Gasteiger partial charge in [0.05, 0.1) is 0 Å². The SMILES string of the molecule is CCN(CC)C(=O)C1CCC(C(=O)N2CCN(C(C)=O)CC2)CC1. The molecule has 0 atom stereocenters. The smallest absolute Gasteiger partial charge is 0.225 e. The summed E-state index contributed by atoms with van der Waals surface area (Å²) in [7, 11) is 0. The number of carbonyl (C=O) groups is 3. The van der Waals surface area contributed by atoms with Gasteiger partial charge in [0.15, 0.2) is 0 Å². The Morgan fingerprint density at radius 3 is 1.75 bits per heavy atom. The predicted octanol–water partition coefficient (Wildman–Crippen LogP) is 1.35. The van der Waals surface area contributed by atoms with Crippen molar-refractivity contribution >= 4 is 17.7 Å². The number of rotatable bonds is 4. The molecular weight excluding hydrogens is 306 g/mol. The van der Waals surface area contributed by atoms with Gasteiger partial charge in [-0.15, -0.1) is 0 Å². The van der Waals surface area contributed by atoms with E-state index in [0.717, 1.165) is 38.8 Å². The van der Waals surface area contributed by atoms with Crippen molar-refractivity contribution in [2.24, 2.45) is 11.8 Å². The highest BCUT2D eigenvalue weighted by Gasteiger charge is 2.34. The van der Waals surface area contributed by atoms with Gasteiger partial charge in [-0.3, -0.25) is 14.4 Å². The second-order valence-corrected chi connectivity index (χ2v) is 6.89. The van der Waals surface area contributed by atoms with Gasteiger partial charge in [-0.25, -0.2) is 0 Å². The summed E-state index contributed by atoms with van der Waals surface area (Å²) in [5.41, 5.74) is 0. The number of nitrogens with zero attached hydrogens (tertiary/aromatic N) is 3. The number of amides is 3. The van der Waals surface area contributed by atoms with E-state index in [4.69, 9.17) is 0 Å². The van der Waals surface area contributed by atoms with Crippen molar-refractivity contribution in [3.05, 3.63) is 0 Å². The highest BCUT2D eigenvalue weighted by molar-refractivity contribution is 5.81. The molecule has 0 radical (unpaired) electrons. The maximum Gasteiger partial charge on any atom is 0.225 e. The number of piperazine rings is 1. The average molecular weight is 337 g/mol. The molecule has 6 heteroatoms. The molecule has 0 unspecified atom stereocenters. The molecule has 0 spiro atoms. The fourth-order valence-corrected chi connectivity index (χ4v) is 3.88. The van der Waals surface area contributed by atoms with Crippen molar-refractivity contribution in [3.8, 4) is 0 Å². The highest BCUT2D eigenvalue weighted by atomic mass is 16.2. The largest absolute Gasteiger partial charge is 0.343 e. The number of hydrogen-bond donors (Lipinski definition) is 0. The predicted molar refractivity (Wildman–Crippen MR) is 92.2 cm³/mol. The lowest BCUT2D eigenvalue weighted by molar-refractivity contribution is -0.144. The van der Waals surface area contributed by atoms with Gasteiger partial charge in [0.25, 0.3) is 0 Å². The summed E-state index contributed by atoms with van der Waals surface area (Å²) in [5, 5.41) is 0. The number of carbonyl (C=O) groups excluding carboxylic acids is 3. The van der Waals surface area contributed by atoms with E-state index in [1.165, 1.54) is 0 Å². The molecule has 1 aliphatic carbocycles. The van der Waals surface area contributed by atoms with E-state index in [1.807, 2.05) is 23.6 Å². The molecule has 0 aromatic rings. The summed E-state index contributed by atoms with van der Waals surface area (Å²) in [5.74, 6) is 0.684. The van der Waals surface area contributed by atoms with Crippen LogP contribution in [0.5, 0.6) is 0 Å². The molecule has 24 heavy (non-hydrogen) atoms. The normalized spacial score (nSPS) is 24.6. The first kappa shape index (κ1) is 18.7. The standard InChI is InChI=1S/C18H31N3O3/c1-4-19(5-2)17(23)15-6-8-16(9-7-15)18(24)21-12-10-20(11-13-21)14(3)22/h15-16H,4-13H2,1-3H3. The van der Waals surface area contributed by atoms with Crippen molar-refractivity contribution in [3.63, 3.8) is 0 Å². The quantitative estimate of drug-likeness (QED) is 0.778. The molecule has 6 nitrogen and oxygen atoms in total. The Hall–Kier alpha value is -1.59. The molecule has 1 aliphatic heterocycles. The Morgan fingerprint density at radius 2 is 1.29 bits per heavy atom. The molecule has 136 valence electrons. The minimum absolute atomic E-state index is 0.0506. The zero-order valence-corrected chi connectivity index (χ0v) is 15.3. The van der Waals surface area contributed by atoms with Gasteiger partial charge in [-0.1, -0.05) is 0 Å². The van der Waals surface area contributed by atoms with Gasteiger partial charge in [-0.05, 0) is 39.5 Å². The second-order valence-electron chi connectivity index (χ2n) is 6.89. The third-order valence-corrected chi connectivity index (χ3v) is 5.54. The monoisotopic (exact) mass is 337 g/mol. The fourth-order valence-electron chi connectivity index (χ4n) is 3.88. The van der Waals surface area contributed by atoms with E-state index in [0.29, 0.717) is 26.2 Å². The van der Waals surface area contributed by atoms with Crippen LogP contribution in [-0.2, 0) is 14.4 Å². The Kier molecular flexibility index (Phi) is 6.63. The van der Waals surface area contributed by atoms with Crippen LogP contribution in [0.25, 0.3) is 0 Å². The summed E-state index contributed by atoms with van der Waals surface area (Å²) in [6.07, 6.45) is 3.26. The Labute approximate surface area is 145 Å². The van der Waals surface area contributed by atoms with Gasteiger partial charge >= 0.3 is 0 Å². The third kappa shape index (κ3) is 4.28. The summed E-state index contributed by atoms with van der Waals surface area (Å²) >= 11 is 0. The van der Waals surface area contributed by atoms with Crippen LogP contribution >= 0.6 is 0 Å². The van der Waals surface area contributed by atoms with Gasteiger partial charge in [-0.2, -0.15) is 0 Å². The zero-order chi connectivity index (χ0) is 17.7. The maximum absolute atomic E-state index is 12.7. The van der Waals surface area contributed by atoms with Crippen LogP contribution in [-0.4, -0.2) is 71.7 Å². The average Bonchev–Trinajstić information content (AvgIpc) is 2.62. The molecular formula is C18H31N3O3. The van der Waals surface area contributed by atoms with E-state index in [9.17, 15) is 14.4 Å². The van der Waals surface area contributed by atoms with E-state index in [-0.39, 0.29) is 29.6 Å². The topological polar surface area (TPSA) is 60.9 Å². The minimum atomic E-state index is 0.0506. The molecule has 2 aliphatic rings. The van der Waals surface area contributed by atoms with Crippen LogP contribution in [0.3, 0.4) is 0 Å². The summed E-state index contributed by atoms with van der Waals surface area (Å²) in [6.45, 7) is 9.66. The minimum Gasteiger partial charge on any atom is -0.343 e. The van der Waals surface area contributed by atoms with Gasteiger partial charge < -0.3 is 14.7 Å². The van der Waals surface area contributed by atoms with Crippen molar-refractivity contribution in [1.82, 2.24) is 14.7 Å². The van der Waals surface area contributed by atoms with Crippen molar-refractivity contribution in [2.45, 2.75) is 46.5 Å². The molecule has 0 N–H and O–H groups in total. The summed E-state index contributed by atoms with van der Waals surface area (Å²) in [4.78, 5) is 42.1. The maximum atomic E-state index is 12.7. The van der Waals surface area contributed by atoms with Crippen molar-refractivity contribution in [1.29, 1.82) is 0 Å². The molecule has 3 amide bonds. The van der Waals surface area contributed by atoms with Crippen LogP contribution < -0.4 is 0 Å². The summed E-state index contributed by atoms with van der Waals surface area (Å²) in [6, 6.07) is 0. The molecule has 0 aromatic carbocycles. The molecule has 1 saturated carbocycles. The van der Waals surface area contributed by atoms with E-state index in [2.05, 4.69) is 0 Å². The van der Waals surface area contributed by atoms with Crippen LogP contribution in [0.4, 0.5) is 0 Å².